The Hall–Kier alpha value is -3.90. The minimum atomic E-state index is -0.0181. The predicted octanol–water partition coefficient (Wildman–Crippen LogP) is 7.14. The van der Waals surface area contributed by atoms with Crippen molar-refractivity contribution in [2.75, 3.05) is 11.9 Å². The number of hydrogen-bond acceptors (Lipinski definition) is 4. The van der Waals surface area contributed by atoms with Crippen molar-refractivity contribution in [1.29, 1.82) is 0 Å². The molecule has 6 rings (SSSR count). The molecule has 0 unspecified atom stereocenters. The molecule has 38 heavy (non-hydrogen) atoms. The molecule has 2 aromatic heterocycles. The van der Waals surface area contributed by atoms with E-state index in [0.29, 0.717) is 17.5 Å². The van der Waals surface area contributed by atoms with Crippen molar-refractivity contribution in [3.05, 3.63) is 83.1 Å². The average Bonchev–Trinajstić information content (AvgIpc) is 3.62. The van der Waals surface area contributed by atoms with E-state index in [0.717, 1.165) is 74.7 Å². The first-order valence-electron chi connectivity index (χ1n) is 13.1. The van der Waals surface area contributed by atoms with E-state index in [-0.39, 0.29) is 5.91 Å². The van der Waals surface area contributed by atoms with Crippen LogP contribution in [0.5, 0.6) is 0 Å². The summed E-state index contributed by atoms with van der Waals surface area (Å²) in [6, 6.07) is 18.5. The highest BCUT2D eigenvalue weighted by atomic mass is 35.5. The molecule has 0 atom stereocenters. The maximum atomic E-state index is 12.5. The average molecular weight is 524 g/mol. The zero-order valence-electron chi connectivity index (χ0n) is 21.8. The summed E-state index contributed by atoms with van der Waals surface area (Å²) in [5.74, 6) is 1.18. The van der Waals surface area contributed by atoms with Gasteiger partial charge in [-0.05, 0) is 72.4 Å². The lowest BCUT2D eigenvalue weighted by molar-refractivity contribution is 0.0951. The first-order chi connectivity index (χ1) is 18.4. The predicted molar refractivity (Wildman–Crippen MR) is 155 cm³/mol. The van der Waals surface area contributed by atoms with Gasteiger partial charge >= 0.3 is 0 Å². The van der Waals surface area contributed by atoms with E-state index in [1.807, 2.05) is 49.6 Å². The van der Waals surface area contributed by atoms with Crippen LogP contribution in [0, 0.1) is 12.8 Å². The summed E-state index contributed by atoms with van der Waals surface area (Å²) in [5, 5.41) is 9.51. The molecule has 6 nitrogen and oxygen atoms in total. The van der Waals surface area contributed by atoms with Gasteiger partial charge in [-0.25, -0.2) is 9.97 Å². The zero-order chi connectivity index (χ0) is 26.4. The molecule has 2 N–H and O–H groups in total. The summed E-state index contributed by atoms with van der Waals surface area (Å²) >= 11 is 6.43. The first kappa shape index (κ1) is 24.4. The van der Waals surface area contributed by atoms with E-state index in [2.05, 4.69) is 53.1 Å². The van der Waals surface area contributed by atoms with Gasteiger partial charge in [0.15, 0.2) is 11.5 Å². The van der Waals surface area contributed by atoms with Gasteiger partial charge in [0, 0.05) is 40.5 Å². The third-order valence-corrected chi connectivity index (χ3v) is 7.35. The Bertz CT molecular complexity index is 1670. The zero-order valence-corrected chi connectivity index (χ0v) is 22.5. The second-order valence-corrected chi connectivity index (χ2v) is 11.0. The van der Waals surface area contributed by atoms with Gasteiger partial charge in [-0.3, -0.25) is 9.20 Å². The number of aryl methyl sites for hydroxylation is 1. The topological polar surface area (TPSA) is 71.3 Å². The Morgan fingerprint density at radius 1 is 1.05 bits per heavy atom. The molecule has 1 amide bonds. The molecule has 192 valence electrons. The van der Waals surface area contributed by atoms with E-state index in [1.165, 1.54) is 0 Å². The Morgan fingerprint density at radius 3 is 2.55 bits per heavy atom. The molecular formula is C31H30ClN5O. The number of halogens is 1. The largest absolute Gasteiger partial charge is 0.367 e. The van der Waals surface area contributed by atoms with E-state index >= 15 is 0 Å². The molecule has 0 aliphatic heterocycles. The van der Waals surface area contributed by atoms with Crippen LogP contribution in [0.3, 0.4) is 0 Å². The summed E-state index contributed by atoms with van der Waals surface area (Å²) < 4.78 is 2.08. The number of aromatic nitrogens is 3. The molecule has 5 aromatic rings. The molecule has 1 fully saturated rings. The highest BCUT2D eigenvalue weighted by Gasteiger charge is 2.24. The van der Waals surface area contributed by atoms with Gasteiger partial charge in [0.05, 0.1) is 17.6 Å². The van der Waals surface area contributed by atoms with Crippen molar-refractivity contribution in [1.82, 2.24) is 19.7 Å². The third kappa shape index (κ3) is 4.84. The highest BCUT2D eigenvalue weighted by Crippen LogP contribution is 2.31. The number of nitrogens with one attached hydrogen (secondary N) is 2. The first-order valence-corrected chi connectivity index (χ1v) is 13.5. The monoisotopic (exact) mass is 523 g/mol. The van der Waals surface area contributed by atoms with Crippen molar-refractivity contribution in [3.8, 4) is 22.5 Å². The summed E-state index contributed by atoms with van der Waals surface area (Å²) in [5.41, 5.74) is 6.24. The van der Waals surface area contributed by atoms with Crippen molar-refractivity contribution in [2.45, 2.75) is 39.7 Å². The molecule has 1 aliphatic carbocycles. The van der Waals surface area contributed by atoms with Gasteiger partial charge in [-0.1, -0.05) is 49.7 Å². The SMILES string of the molecule is Cc1cc2ccc(-c3cn4c(-c5ccc(C(=O)NC6CC6)cc5)cnc4c(NCC(C)C)n3)cc2cc1Cl. The normalized spacial score (nSPS) is 13.4. The molecule has 3 aromatic carbocycles. The van der Waals surface area contributed by atoms with Crippen LogP contribution in [0.15, 0.2) is 67.0 Å². The Balaban J connectivity index is 1.43. The smallest absolute Gasteiger partial charge is 0.251 e. The number of anilines is 1. The molecule has 1 aliphatic rings. The maximum absolute atomic E-state index is 12.5. The van der Waals surface area contributed by atoms with Gasteiger partial charge < -0.3 is 10.6 Å². The molecule has 7 heteroatoms. The molecule has 2 heterocycles. The fraction of sp³-hybridized carbons (Fsp3) is 0.258. The molecule has 0 radical (unpaired) electrons. The standard InChI is InChI=1S/C31H30ClN5O/c1-18(2)15-33-29-30-34-16-28(20-4-6-21(7-5-20)31(38)35-25-10-11-25)37(30)17-27(36-29)23-9-8-22-12-19(3)26(32)14-24(22)13-23/h4-9,12-14,16-18,25H,10-11,15H2,1-3H3,(H,33,36)(H,35,38). The van der Waals surface area contributed by atoms with Crippen molar-refractivity contribution < 1.29 is 4.79 Å². The summed E-state index contributed by atoms with van der Waals surface area (Å²) in [6.07, 6.45) is 6.03. The minimum Gasteiger partial charge on any atom is -0.367 e. The number of nitrogens with zero attached hydrogens (tertiary/aromatic N) is 3. The highest BCUT2D eigenvalue weighted by molar-refractivity contribution is 6.32. The fourth-order valence-corrected chi connectivity index (χ4v) is 4.76. The van der Waals surface area contributed by atoms with Crippen molar-refractivity contribution >= 4 is 39.7 Å². The summed E-state index contributed by atoms with van der Waals surface area (Å²) in [4.78, 5) is 22.2. The van der Waals surface area contributed by atoms with Gasteiger partial charge in [0.25, 0.3) is 5.91 Å². The summed E-state index contributed by atoms with van der Waals surface area (Å²) in [6.45, 7) is 7.14. The Labute approximate surface area is 227 Å². The van der Waals surface area contributed by atoms with E-state index in [1.54, 1.807) is 0 Å². The number of hydrogen-bond donors (Lipinski definition) is 2. The number of carbonyl (C=O) groups is 1. The Kier molecular flexibility index (Phi) is 6.28. The quantitative estimate of drug-likeness (QED) is 0.238. The van der Waals surface area contributed by atoms with Crippen LogP contribution in [0.2, 0.25) is 5.02 Å². The van der Waals surface area contributed by atoms with E-state index < -0.39 is 0 Å². The number of benzene rings is 3. The second kappa shape index (κ2) is 9.76. The van der Waals surface area contributed by atoms with Crippen LogP contribution >= 0.6 is 11.6 Å². The number of rotatable bonds is 7. The van der Waals surface area contributed by atoms with Gasteiger partial charge in [0.2, 0.25) is 0 Å². The minimum absolute atomic E-state index is 0.0181. The lowest BCUT2D eigenvalue weighted by Crippen LogP contribution is -2.25. The number of imidazole rings is 1. The van der Waals surface area contributed by atoms with Crippen molar-refractivity contribution in [2.24, 2.45) is 5.92 Å². The van der Waals surface area contributed by atoms with E-state index in [9.17, 15) is 4.79 Å². The maximum Gasteiger partial charge on any atom is 0.251 e. The lowest BCUT2D eigenvalue weighted by atomic mass is 10.0. The Morgan fingerprint density at radius 2 is 1.82 bits per heavy atom. The van der Waals surface area contributed by atoms with Gasteiger partial charge in [-0.15, -0.1) is 0 Å². The third-order valence-electron chi connectivity index (χ3n) is 6.94. The van der Waals surface area contributed by atoms with Crippen LogP contribution in [0.1, 0.15) is 42.6 Å². The summed E-state index contributed by atoms with van der Waals surface area (Å²) in [7, 11) is 0. The lowest BCUT2D eigenvalue weighted by Gasteiger charge is -2.13. The van der Waals surface area contributed by atoms with Crippen LogP contribution in [0.25, 0.3) is 38.9 Å². The van der Waals surface area contributed by atoms with Crippen LogP contribution in [-0.2, 0) is 0 Å². The molecule has 1 saturated carbocycles. The molecule has 0 bridgehead atoms. The van der Waals surface area contributed by atoms with Gasteiger partial charge in [0.1, 0.15) is 0 Å². The van der Waals surface area contributed by atoms with Gasteiger partial charge in [-0.2, -0.15) is 0 Å². The van der Waals surface area contributed by atoms with Crippen LogP contribution in [-0.4, -0.2) is 32.9 Å². The second-order valence-electron chi connectivity index (χ2n) is 10.6. The fourth-order valence-electron chi connectivity index (χ4n) is 4.59. The number of amides is 1. The molecular weight excluding hydrogens is 494 g/mol. The molecule has 0 saturated heterocycles. The van der Waals surface area contributed by atoms with E-state index in [4.69, 9.17) is 21.6 Å². The number of carbonyl (C=O) groups excluding carboxylic acids is 1. The molecule has 0 spiro atoms. The van der Waals surface area contributed by atoms with Crippen LogP contribution in [0.4, 0.5) is 5.82 Å². The number of fused-ring (bicyclic) bond motifs is 2. The van der Waals surface area contributed by atoms with Crippen molar-refractivity contribution in [3.63, 3.8) is 0 Å². The van der Waals surface area contributed by atoms with Crippen LogP contribution < -0.4 is 10.6 Å².